The van der Waals surface area contributed by atoms with Crippen LogP contribution in [0.3, 0.4) is 0 Å². The molecule has 4 heteroatoms. The van der Waals surface area contributed by atoms with Crippen LogP contribution in [0.5, 0.6) is 0 Å². The quantitative estimate of drug-likeness (QED) is 0.829. The van der Waals surface area contributed by atoms with E-state index >= 15 is 0 Å². The van der Waals surface area contributed by atoms with Crippen LogP contribution in [0.2, 0.25) is 0 Å². The summed E-state index contributed by atoms with van der Waals surface area (Å²) in [6.07, 6.45) is 5.64. The minimum absolute atomic E-state index is 0.695. The van der Waals surface area contributed by atoms with E-state index in [1.54, 1.807) is 0 Å². The summed E-state index contributed by atoms with van der Waals surface area (Å²) in [5, 5.41) is 7.77. The molecule has 0 aliphatic carbocycles. The van der Waals surface area contributed by atoms with Crippen molar-refractivity contribution in [1.29, 1.82) is 0 Å². The highest BCUT2D eigenvalue weighted by atomic mass is 15.3. The highest BCUT2D eigenvalue weighted by Crippen LogP contribution is 2.10. The van der Waals surface area contributed by atoms with Gasteiger partial charge in [-0.2, -0.15) is 5.10 Å². The van der Waals surface area contributed by atoms with Crippen molar-refractivity contribution in [2.75, 3.05) is 26.2 Å². The lowest BCUT2D eigenvalue weighted by Gasteiger charge is -2.33. The van der Waals surface area contributed by atoms with Gasteiger partial charge in [-0.25, -0.2) is 0 Å². The Morgan fingerprint density at radius 2 is 2.41 bits per heavy atom. The molecule has 0 saturated carbocycles. The average molecular weight is 236 g/mol. The topological polar surface area (TPSA) is 33.1 Å². The fourth-order valence-electron chi connectivity index (χ4n) is 2.63. The van der Waals surface area contributed by atoms with Gasteiger partial charge in [0.05, 0.1) is 0 Å². The predicted octanol–water partition coefficient (Wildman–Crippen LogP) is 1.04. The van der Waals surface area contributed by atoms with E-state index in [1.165, 1.54) is 31.6 Å². The maximum atomic E-state index is 4.21. The summed E-state index contributed by atoms with van der Waals surface area (Å²) in [6, 6.07) is 2.81. The molecule has 1 aliphatic rings. The number of piperidine rings is 1. The number of aromatic nitrogens is 2. The summed E-state index contributed by atoms with van der Waals surface area (Å²) in [7, 11) is 2.02. The van der Waals surface area contributed by atoms with Crippen LogP contribution in [0, 0.1) is 0 Å². The van der Waals surface area contributed by atoms with Crippen molar-refractivity contribution in [2.45, 2.75) is 32.2 Å². The van der Waals surface area contributed by atoms with Gasteiger partial charge in [-0.1, -0.05) is 6.92 Å². The van der Waals surface area contributed by atoms with E-state index in [2.05, 4.69) is 28.3 Å². The number of likely N-dealkylation sites (tertiary alicyclic amines) is 1. The Morgan fingerprint density at radius 3 is 3.12 bits per heavy atom. The first-order chi connectivity index (χ1) is 8.29. The molecule has 0 radical (unpaired) electrons. The zero-order valence-electron chi connectivity index (χ0n) is 11.0. The van der Waals surface area contributed by atoms with E-state index in [0.29, 0.717) is 6.04 Å². The zero-order chi connectivity index (χ0) is 12.1. The molecule has 0 amide bonds. The van der Waals surface area contributed by atoms with Crippen LogP contribution >= 0.6 is 0 Å². The molecule has 1 saturated heterocycles. The van der Waals surface area contributed by atoms with Gasteiger partial charge in [0.15, 0.2) is 0 Å². The van der Waals surface area contributed by atoms with E-state index in [9.17, 15) is 0 Å². The minimum Gasteiger partial charge on any atom is -0.313 e. The molecular weight excluding hydrogens is 212 g/mol. The minimum atomic E-state index is 0.695. The van der Waals surface area contributed by atoms with E-state index in [-0.39, 0.29) is 0 Å². The second-order valence-electron chi connectivity index (χ2n) is 4.89. The third kappa shape index (κ3) is 3.54. The van der Waals surface area contributed by atoms with E-state index in [4.69, 9.17) is 0 Å². The van der Waals surface area contributed by atoms with Gasteiger partial charge in [-0.05, 0) is 32.0 Å². The average Bonchev–Trinajstić information content (AvgIpc) is 2.73. The standard InChI is InChI=1S/C13H24N4/c1-3-14-12-5-4-9-17(11-12)10-7-13-6-8-15-16(13)2/h6,8,12,14H,3-5,7,9-11H2,1-2H3. The molecule has 96 valence electrons. The van der Waals surface area contributed by atoms with Gasteiger partial charge in [0.2, 0.25) is 0 Å². The highest BCUT2D eigenvalue weighted by Gasteiger charge is 2.18. The molecule has 0 aromatic carbocycles. The second-order valence-corrected chi connectivity index (χ2v) is 4.89. The van der Waals surface area contributed by atoms with Crippen LogP contribution in [0.1, 0.15) is 25.5 Å². The zero-order valence-corrected chi connectivity index (χ0v) is 11.0. The summed E-state index contributed by atoms with van der Waals surface area (Å²) in [5.74, 6) is 0. The molecule has 2 rings (SSSR count). The molecule has 1 aliphatic heterocycles. The first-order valence-corrected chi connectivity index (χ1v) is 6.72. The van der Waals surface area contributed by atoms with Gasteiger partial charge in [-0.3, -0.25) is 4.68 Å². The first-order valence-electron chi connectivity index (χ1n) is 6.72. The lowest BCUT2D eigenvalue weighted by atomic mass is 10.1. The van der Waals surface area contributed by atoms with Crippen LogP contribution in [0.15, 0.2) is 12.3 Å². The number of nitrogens with zero attached hydrogens (tertiary/aromatic N) is 3. The Hall–Kier alpha value is -0.870. The van der Waals surface area contributed by atoms with Gasteiger partial charge in [0.25, 0.3) is 0 Å². The summed E-state index contributed by atoms with van der Waals surface area (Å²) in [5.41, 5.74) is 1.33. The van der Waals surface area contributed by atoms with E-state index < -0.39 is 0 Å². The van der Waals surface area contributed by atoms with Crippen LogP contribution in [-0.2, 0) is 13.5 Å². The number of nitrogens with one attached hydrogen (secondary N) is 1. The Kier molecular flexibility index (Phi) is 4.57. The molecule has 1 aromatic heterocycles. The molecular formula is C13H24N4. The molecule has 1 atom stereocenters. The summed E-state index contributed by atoms with van der Waals surface area (Å²) >= 11 is 0. The summed E-state index contributed by atoms with van der Waals surface area (Å²) in [4.78, 5) is 2.57. The molecule has 1 fully saturated rings. The van der Waals surface area contributed by atoms with Crippen molar-refractivity contribution in [1.82, 2.24) is 20.0 Å². The number of rotatable bonds is 5. The largest absolute Gasteiger partial charge is 0.313 e. The molecule has 0 spiro atoms. The van der Waals surface area contributed by atoms with Crippen LogP contribution in [0.4, 0.5) is 0 Å². The maximum absolute atomic E-state index is 4.21. The van der Waals surface area contributed by atoms with Crippen molar-refractivity contribution in [3.05, 3.63) is 18.0 Å². The van der Waals surface area contributed by atoms with Crippen molar-refractivity contribution >= 4 is 0 Å². The fraction of sp³-hybridized carbons (Fsp3) is 0.769. The first kappa shape index (κ1) is 12.6. The third-order valence-electron chi connectivity index (χ3n) is 3.60. The van der Waals surface area contributed by atoms with Gasteiger partial charge in [0.1, 0.15) is 0 Å². The lowest BCUT2D eigenvalue weighted by molar-refractivity contribution is 0.193. The van der Waals surface area contributed by atoms with Gasteiger partial charge < -0.3 is 10.2 Å². The fourth-order valence-corrected chi connectivity index (χ4v) is 2.63. The molecule has 1 unspecified atom stereocenters. The van der Waals surface area contributed by atoms with Crippen LogP contribution in [0.25, 0.3) is 0 Å². The Morgan fingerprint density at radius 1 is 1.53 bits per heavy atom. The second kappa shape index (κ2) is 6.17. The maximum Gasteiger partial charge on any atom is 0.0492 e. The predicted molar refractivity (Wildman–Crippen MR) is 70.1 cm³/mol. The smallest absolute Gasteiger partial charge is 0.0492 e. The summed E-state index contributed by atoms with van der Waals surface area (Å²) in [6.45, 7) is 6.88. The van der Waals surface area contributed by atoms with E-state index in [0.717, 1.165) is 19.5 Å². The molecule has 1 N–H and O–H groups in total. The Bertz CT molecular complexity index is 332. The molecule has 17 heavy (non-hydrogen) atoms. The monoisotopic (exact) mass is 236 g/mol. The Balaban J connectivity index is 1.77. The van der Waals surface area contributed by atoms with Crippen molar-refractivity contribution < 1.29 is 0 Å². The van der Waals surface area contributed by atoms with Gasteiger partial charge >= 0.3 is 0 Å². The van der Waals surface area contributed by atoms with Crippen LogP contribution < -0.4 is 5.32 Å². The molecule has 2 heterocycles. The number of hydrogen-bond acceptors (Lipinski definition) is 3. The third-order valence-corrected chi connectivity index (χ3v) is 3.60. The molecule has 0 bridgehead atoms. The van der Waals surface area contributed by atoms with Gasteiger partial charge in [-0.15, -0.1) is 0 Å². The number of aryl methyl sites for hydroxylation is 1. The normalized spacial score (nSPS) is 21.9. The molecule has 4 nitrogen and oxygen atoms in total. The summed E-state index contributed by atoms with van der Waals surface area (Å²) < 4.78 is 1.98. The number of likely N-dealkylation sites (N-methyl/N-ethyl adjacent to an activating group) is 1. The Labute approximate surface area is 104 Å². The SMILES string of the molecule is CCNC1CCCN(CCc2ccnn2C)C1. The van der Waals surface area contributed by atoms with Crippen molar-refractivity contribution in [3.8, 4) is 0 Å². The highest BCUT2D eigenvalue weighted by molar-refractivity contribution is 5.00. The van der Waals surface area contributed by atoms with Crippen molar-refractivity contribution in [2.24, 2.45) is 7.05 Å². The van der Waals surface area contributed by atoms with Gasteiger partial charge in [0, 0.05) is 44.5 Å². The molecule has 1 aromatic rings. The van der Waals surface area contributed by atoms with E-state index in [1.807, 2.05) is 17.9 Å². The number of hydrogen-bond donors (Lipinski definition) is 1. The van der Waals surface area contributed by atoms with Crippen LogP contribution in [-0.4, -0.2) is 46.9 Å². The lowest BCUT2D eigenvalue weighted by Crippen LogP contribution is -2.46. The van der Waals surface area contributed by atoms with Crippen molar-refractivity contribution in [3.63, 3.8) is 0 Å².